The van der Waals surface area contributed by atoms with Crippen molar-refractivity contribution in [1.29, 1.82) is 0 Å². The Morgan fingerprint density at radius 1 is 1.40 bits per heavy atom. The molecule has 1 aliphatic rings. The van der Waals surface area contributed by atoms with Crippen LogP contribution >= 0.6 is 0 Å². The molecule has 0 saturated carbocycles. The molecule has 1 heterocycles. The van der Waals surface area contributed by atoms with Crippen molar-refractivity contribution < 1.29 is 9.59 Å². The molecule has 76 valence electrons. The van der Waals surface area contributed by atoms with Gasteiger partial charge in [-0.2, -0.15) is 4.99 Å². The Kier molecular flexibility index (Phi) is 2.35. The summed E-state index contributed by atoms with van der Waals surface area (Å²) in [5.74, 6) is 0.0923. The topological polar surface area (TPSA) is 49.7 Å². The molecule has 15 heavy (non-hydrogen) atoms. The lowest BCUT2D eigenvalue weighted by Crippen LogP contribution is -2.30. The molecule has 0 saturated heterocycles. The number of fused-ring (bicyclic) bond motifs is 1. The molecule has 1 aliphatic heterocycles. The Morgan fingerprint density at radius 2 is 2.20 bits per heavy atom. The third-order valence-electron chi connectivity index (χ3n) is 2.59. The van der Waals surface area contributed by atoms with E-state index in [0.29, 0.717) is 12.1 Å². The summed E-state index contributed by atoms with van der Waals surface area (Å²) < 4.78 is 0. The van der Waals surface area contributed by atoms with Gasteiger partial charge in [0.25, 0.3) is 0 Å². The summed E-state index contributed by atoms with van der Waals surface area (Å²) in [5, 5.41) is 0. The Hall–Kier alpha value is -1.93. The predicted octanol–water partition coefficient (Wildman–Crippen LogP) is 1.56. The molecule has 4 nitrogen and oxygen atoms in total. The maximum absolute atomic E-state index is 11.4. The first-order chi connectivity index (χ1) is 7.22. The average Bonchev–Trinajstić information content (AvgIpc) is 2.25. The van der Waals surface area contributed by atoms with E-state index in [9.17, 15) is 9.59 Å². The number of carbonyl (C=O) groups is 1. The zero-order chi connectivity index (χ0) is 10.8. The van der Waals surface area contributed by atoms with Gasteiger partial charge in [0, 0.05) is 19.2 Å². The summed E-state index contributed by atoms with van der Waals surface area (Å²) in [4.78, 5) is 26.7. The zero-order valence-corrected chi connectivity index (χ0v) is 8.36. The third-order valence-corrected chi connectivity index (χ3v) is 2.59. The van der Waals surface area contributed by atoms with E-state index in [1.54, 1.807) is 24.1 Å². The summed E-state index contributed by atoms with van der Waals surface area (Å²) in [5.41, 5.74) is 2.48. The fourth-order valence-electron chi connectivity index (χ4n) is 1.74. The summed E-state index contributed by atoms with van der Waals surface area (Å²) in [6.07, 6.45) is 2.78. The Bertz CT molecular complexity index is 462. The van der Waals surface area contributed by atoms with Crippen LogP contribution in [-0.4, -0.2) is 19.0 Å². The number of isocyanates is 1. The van der Waals surface area contributed by atoms with Crippen LogP contribution in [0.2, 0.25) is 0 Å². The molecule has 0 aromatic heterocycles. The lowest BCUT2D eigenvalue weighted by atomic mass is 10.0. The second kappa shape index (κ2) is 3.67. The lowest BCUT2D eigenvalue weighted by molar-refractivity contribution is -0.118. The molecule has 1 amide bonds. The number of anilines is 1. The van der Waals surface area contributed by atoms with Gasteiger partial charge < -0.3 is 4.90 Å². The fraction of sp³-hybridized carbons (Fsp3) is 0.273. The Morgan fingerprint density at radius 3 is 2.93 bits per heavy atom. The molecule has 4 heteroatoms. The van der Waals surface area contributed by atoms with Crippen LogP contribution in [0.3, 0.4) is 0 Å². The minimum Gasteiger partial charge on any atom is -0.315 e. The van der Waals surface area contributed by atoms with Gasteiger partial charge in [-0.1, -0.05) is 6.07 Å². The highest BCUT2D eigenvalue weighted by Gasteiger charge is 2.20. The van der Waals surface area contributed by atoms with E-state index in [0.717, 1.165) is 17.7 Å². The van der Waals surface area contributed by atoms with Crippen LogP contribution < -0.4 is 4.90 Å². The number of amides is 1. The number of rotatable bonds is 1. The van der Waals surface area contributed by atoms with Crippen LogP contribution in [-0.2, 0) is 16.0 Å². The smallest absolute Gasteiger partial charge is 0.240 e. The number of aryl methyl sites for hydroxylation is 1. The second-order valence-electron chi connectivity index (χ2n) is 3.47. The van der Waals surface area contributed by atoms with E-state index < -0.39 is 0 Å². The van der Waals surface area contributed by atoms with Crippen molar-refractivity contribution in [3.63, 3.8) is 0 Å². The number of hydrogen-bond acceptors (Lipinski definition) is 3. The van der Waals surface area contributed by atoms with E-state index in [-0.39, 0.29) is 5.91 Å². The van der Waals surface area contributed by atoms with Crippen molar-refractivity contribution in [3.05, 3.63) is 23.8 Å². The largest absolute Gasteiger partial charge is 0.315 e. The monoisotopic (exact) mass is 202 g/mol. The van der Waals surface area contributed by atoms with Gasteiger partial charge in [0.05, 0.1) is 5.69 Å². The van der Waals surface area contributed by atoms with Gasteiger partial charge in [-0.25, -0.2) is 4.79 Å². The number of nitrogens with zero attached hydrogens (tertiary/aromatic N) is 2. The first kappa shape index (κ1) is 9.62. The van der Waals surface area contributed by atoms with Crippen LogP contribution in [0.1, 0.15) is 12.0 Å². The maximum atomic E-state index is 11.4. The molecule has 0 radical (unpaired) electrons. The highest BCUT2D eigenvalue weighted by molar-refractivity contribution is 5.96. The van der Waals surface area contributed by atoms with Gasteiger partial charge in [0.2, 0.25) is 12.0 Å². The van der Waals surface area contributed by atoms with E-state index in [1.165, 1.54) is 6.08 Å². The SMILES string of the molecule is CN1C(=O)CCc2ccc(N=C=O)cc21. The van der Waals surface area contributed by atoms with E-state index in [1.807, 2.05) is 6.07 Å². The third kappa shape index (κ3) is 1.67. The zero-order valence-electron chi connectivity index (χ0n) is 8.36. The average molecular weight is 202 g/mol. The molecule has 0 unspecified atom stereocenters. The number of carbonyl (C=O) groups excluding carboxylic acids is 2. The molecular formula is C11H10N2O2. The number of hydrogen-bond donors (Lipinski definition) is 0. The highest BCUT2D eigenvalue weighted by atomic mass is 16.2. The van der Waals surface area contributed by atoms with Crippen molar-refractivity contribution in [3.8, 4) is 0 Å². The summed E-state index contributed by atoms with van der Waals surface area (Å²) in [6, 6.07) is 5.39. The fourth-order valence-corrected chi connectivity index (χ4v) is 1.74. The number of aliphatic imine (C=N–C) groups is 1. The van der Waals surface area contributed by atoms with Gasteiger partial charge in [-0.15, -0.1) is 0 Å². The summed E-state index contributed by atoms with van der Waals surface area (Å²) in [7, 11) is 1.73. The van der Waals surface area contributed by atoms with Crippen LogP contribution in [0.5, 0.6) is 0 Å². The molecule has 2 rings (SSSR count). The first-order valence-corrected chi connectivity index (χ1v) is 4.70. The van der Waals surface area contributed by atoms with E-state index in [4.69, 9.17) is 0 Å². The van der Waals surface area contributed by atoms with Gasteiger partial charge >= 0.3 is 0 Å². The molecule has 0 fully saturated rings. The predicted molar refractivity (Wildman–Crippen MR) is 56.0 cm³/mol. The highest BCUT2D eigenvalue weighted by Crippen LogP contribution is 2.30. The molecule has 0 atom stereocenters. The van der Waals surface area contributed by atoms with Crippen molar-refractivity contribution in [2.45, 2.75) is 12.8 Å². The van der Waals surface area contributed by atoms with Crippen LogP contribution in [0.15, 0.2) is 23.2 Å². The van der Waals surface area contributed by atoms with Crippen molar-refractivity contribution in [1.82, 2.24) is 0 Å². The molecule has 0 aliphatic carbocycles. The van der Waals surface area contributed by atoms with Crippen molar-refractivity contribution in [2.24, 2.45) is 4.99 Å². The van der Waals surface area contributed by atoms with Crippen LogP contribution in [0.4, 0.5) is 11.4 Å². The minimum absolute atomic E-state index is 0.0923. The first-order valence-electron chi connectivity index (χ1n) is 4.70. The normalized spacial score (nSPS) is 14.5. The minimum atomic E-state index is 0.0923. The van der Waals surface area contributed by atoms with E-state index in [2.05, 4.69) is 4.99 Å². The van der Waals surface area contributed by atoms with Crippen molar-refractivity contribution >= 4 is 23.4 Å². The molecular weight excluding hydrogens is 192 g/mol. The maximum Gasteiger partial charge on any atom is 0.240 e. The van der Waals surface area contributed by atoms with Crippen molar-refractivity contribution in [2.75, 3.05) is 11.9 Å². The molecule has 1 aromatic carbocycles. The van der Waals surface area contributed by atoms with Gasteiger partial charge in [0.15, 0.2) is 0 Å². The lowest BCUT2D eigenvalue weighted by Gasteiger charge is -2.25. The molecule has 0 N–H and O–H groups in total. The van der Waals surface area contributed by atoms with Gasteiger partial charge in [0.1, 0.15) is 0 Å². The summed E-state index contributed by atoms with van der Waals surface area (Å²) >= 11 is 0. The molecule has 0 spiro atoms. The number of benzene rings is 1. The Balaban J connectivity index is 2.49. The van der Waals surface area contributed by atoms with Gasteiger partial charge in [-0.05, 0) is 24.1 Å². The standard InChI is InChI=1S/C11H10N2O2/c1-13-10-6-9(12-7-14)4-2-8(10)3-5-11(13)15/h2,4,6H,3,5H2,1H3. The molecule has 0 bridgehead atoms. The molecule has 1 aromatic rings. The van der Waals surface area contributed by atoms with Crippen LogP contribution in [0, 0.1) is 0 Å². The Labute approximate surface area is 87.2 Å². The van der Waals surface area contributed by atoms with E-state index >= 15 is 0 Å². The van der Waals surface area contributed by atoms with Gasteiger partial charge in [-0.3, -0.25) is 4.79 Å². The second-order valence-corrected chi connectivity index (χ2v) is 3.47. The summed E-state index contributed by atoms with van der Waals surface area (Å²) in [6.45, 7) is 0. The van der Waals surface area contributed by atoms with Crippen LogP contribution in [0.25, 0.3) is 0 Å². The quantitative estimate of drug-likeness (QED) is 0.512.